The van der Waals surface area contributed by atoms with Gasteiger partial charge in [0.25, 0.3) is 11.6 Å². The monoisotopic (exact) mass is 353 g/mol. The fraction of sp³-hybridized carbons (Fsp3) is 0.118. The highest BCUT2D eigenvalue weighted by Crippen LogP contribution is 2.23. The van der Waals surface area contributed by atoms with Gasteiger partial charge in [-0.2, -0.15) is 0 Å². The molecule has 132 valence electrons. The van der Waals surface area contributed by atoms with Crippen molar-refractivity contribution < 1.29 is 14.1 Å². The van der Waals surface area contributed by atoms with Crippen molar-refractivity contribution in [3.63, 3.8) is 0 Å². The summed E-state index contributed by atoms with van der Waals surface area (Å²) in [4.78, 5) is 24.3. The van der Waals surface area contributed by atoms with Gasteiger partial charge in [0.15, 0.2) is 0 Å². The second kappa shape index (κ2) is 7.01. The average Bonchev–Trinajstić information content (AvgIpc) is 3.10. The molecule has 0 aliphatic carbocycles. The molecule has 1 aromatic heterocycles. The van der Waals surface area contributed by atoms with Gasteiger partial charge in [0.1, 0.15) is 0 Å². The van der Waals surface area contributed by atoms with Gasteiger partial charge < -0.3 is 9.32 Å². The van der Waals surface area contributed by atoms with Gasteiger partial charge in [0.05, 0.1) is 4.92 Å². The topological polar surface area (TPSA) is 114 Å². The van der Waals surface area contributed by atoms with Crippen LogP contribution >= 0.6 is 0 Å². The minimum absolute atomic E-state index is 0.0389. The first-order chi connectivity index (χ1) is 12.4. The number of nitro benzene ring substituents is 1. The van der Waals surface area contributed by atoms with E-state index in [1.807, 2.05) is 31.1 Å². The quantitative estimate of drug-likeness (QED) is 0.554. The van der Waals surface area contributed by atoms with Gasteiger partial charge in [-0.05, 0) is 36.4 Å². The number of hydrogen-bond donors (Lipinski definition) is 1. The van der Waals surface area contributed by atoms with Crippen molar-refractivity contribution in [3.05, 3.63) is 64.2 Å². The van der Waals surface area contributed by atoms with E-state index in [2.05, 4.69) is 15.5 Å². The van der Waals surface area contributed by atoms with Crippen molar-refractivity contribution in [2.45, 2.75) is 0 Å². The molecular formula is C17H15N5O4. The first kappa shape index (κ1) is 17.1. The molecule has 0 fully saturated rings. The molecule has 0 atom stereocenters. The highest BCUT2D eigenvalue weighted by molar-refractivity contribution is 6.03. The van der Waals surface area contributed by atoms with Crippen LogP contribution in [0.1, 0.15) is 10.4 Å². The molecule has 0 radical (unpaired) electrons. The Bertz CT molecular complexity index is 933. The molecule has 0 saturated heterocycles. The van der Waals surface area contributed by atoms with E-state index in [1.165, 1.54) is 24.3 Å². The van der Waals surface area contributed by atoms with Gasteiger partial charge in [-0.1, -0.05) is 5.10 Å². The van der Waals surface area contributed by atoms with Crippen LogP contribution in [0.2, 0.25) is 0 Å². The van der Waals surface area contributed by atoms with E-state index >= 15 is 0 Å². The molecule has 3 aromatic rings. The number of amides is 1. The van der Waals surface area contributed by atoms with Gasteiger partial charge in [-0.25, -0.2) is 0 Å². The molecule has 26 heavy (non-hydrogen) atoms. The summed E-state index contributed by atoms with van der Waals surface area (Å²) in [7, 11) is 3.82. The molecule has 9 heteroatoms. The minimum atomic E-state index is -0.495. The minimum Gasteiger partial charge on any atom is -0.403 e. The van der Waals surface area contributed by atoms with E-state index < -0.39 is 4.92 Å². The van der Waals surface area contributed by atoms with Crippen LogP contribution in [0.15, 0.2) is 52.9 Å². The van der Waals surface area contributed by atoms with Gasteiger partial charge >= 0.3 is 6.01 Å². The molecule has 0 aliphatic rings. The molecule has 3 rings (SSSR count). The molecule has 0 bridgehead atoms. The number of hydrogen-bond acceptors (Lipinski definition) is 7. The number of carbonyl (C=O) groups excluding carboxylic acids is 1. The fourth-order valence-corrected chi connectivity index (χ4v) is 2.20. The van der Waals surface area contributed by atoms with Crippen molar-refractivity contribution in [1.29, 1.82) is 0 Å². The summed E-state index contributed by atoms with van der Waals surface area (Å²) in [5.41, 5.74) is 1.90. The number of anilines is 2. The lowest BCUT2D eigenvalue weighted by molar-refractivity contribution is -0.384. The molecule has 0 aliphatic heterocycles. The van der Waals surface area contributed by atoms with Crippen molar-refractivity contribution in [1.82, 2.24) is 10.2 Å². The Balaban J connectivity index is 1.71. The highest BCUT2D eigenvalue weighted by Gasteiger charge is 2.14. The van der Waals surface area contributed by atoms with E-state index in [-0.39, 0.29) is 23.5 Å². The maximum Gasteiger partial charge on any atom is 0.322 e. The van der Waals surface area contributed by atoms with E-state index in [0.717, 1.165) is 5.69 Å². The number of benzene rings is 2. The molecule has 0 unspecified atom stereocenters. The third-order valence-corrected chi connectivity index (χ3v) is 3.62. The fourth-order valence-electron chi connectivity index (χ4n) is 2.20. The third kappa shape index (κ3) is 3.66. The van der Waals surface area contributed by atoms with Gasteiger partial charge in [0, 0.05) is 43.0 Å². The van der Waals surface area contributed by atoms with Crippen LogP contribution in [-0.2, 0) is 0 Å². The lowest BCUT2D eigenvalue weighted by atomic mass is 10.2. The Morgan fingerprint density at radius 2 is 1.73 bits per heavy atom. The SMILES string of the molecule is CN(C)c1ccc(C(=O)Nc2nnc(-c3ccc([N+](=O)[O-])cc3)o2)cc1. The largest absolute Gasteiger partial charge is 0.403 e. The Labute approximate surface area is 148 Å². The maximum absolute atomic E-state index is 12.2. The molecule has 9 nitrogen and oxygen atoms in total. The number of nitrogens with zero attached hydrogens (tertiary/aromatic N) is 4. The zero-order valence-corrected chi connectivity index (χ0v) is 14.0. The second-order valence-corrected chi connectivity index (χ2v) is 5.61. The highest BCUT2D eigenvalue weighted by atomic mass is 16.6. The van der Waals surface area contributed by atoms with E-state index in [9.17, 15) is 14.9 Å². The summed E-state index contributed by atoms with van der Waals surface area (Å²) in [6.45, 7) is 0. The number of carbonyl (C=O) groups is 1. The van der Waals surface area contributed by atoms with E-state index in [4.69, 9.17) is 4.42 Å². The number of non-ortho nitro benzene ring substituents is 1. The predicted octanol–water partition coefficient (Wildman–Crippen LogP) is 2.96. The van der Waals surface area contributed by atoms with Gasteiger partial charge in [-0.3, -0.25) is 20.2 Å². The number of rotatable bonds is 5. The van der Waals surface area contributed by atoms with Crippen LogP contribution < -0.4 is 10.2 Å². The lowest BCUT2D eigenvalue weighted by Crippen LogP contribution is -2.13. The molecule has 1 amide bonds. The van der Waals surface area contributed by atoms with Crippen LogP contribution in [0.4, 0.5) is 17.4 Å². The zero-order valence-electron chi connectivity index (χ0n) is 14.0. The summed E-state index contributed by atoms with van der Waals surface area (Å²) in [5.74, 6) is -0.229. The molecule has 0 spiro atoms. The standard InChI is InChI=1S/C17H15N5O4/c1-21(2)13-7-3-11(4-8-13)15(23)18-17-20-19-16(26-17)12-5-9-14(10-6-12)22(24)25/h3-10H,1-2H3,(H,18,20,23). The average molecular weight is 353 g/mol. The zero-order chi connectivity index (χ0) is 18.7. The third-order valence-electron chi connectivity index (χ3n) is 3.62. The van der Waals surface area contributed by atoms with Crippen LogP contribution in [0.25, 0.3) is 11.5 Å². The van der Waals surface area contributed by atoms with Gasteiger partial charge in [-0.15, -0.1) is 5.10 Å². The van der Waals surface area contributed by atoms with Crippen LogP contribution in [0, 0.1) is 10.1 Å². The summed E-state index contributed by atoms with van der Waals surface area (Å²) in [6.07, 6.45) is 0. The van der Waals surface area contributed by atoms with Crippen LogP contribution in [0.3, 0.4) is 0 Å². The number of nitrogens with one attached hydrogen (secondary N) is 1. The molecular weight excluding hydrogens is 338 g/mol. The Morgan fingerprint density at radius 1 is 1.08 bits per heavy atom. The summed E-state index contributed by atoms with van der Waals surface area (Å²) in [6, 6.07) is 12.6. The van der Waals surface area contributed by atoms with Crippen molar-refractivity contribution in [2.24, 2.45) is 0 Å². The predicted molar refractivity (Wildman–Crippen MR) is 95.1 cm³/mol. The summed E-state index contributed by atoms with van der Waals surface area (Å²) >= 11 is 0. The Morgan fingerprint density at radius 3 is 2.31 bits per heavy atom. The van der Waals surface area contributed by atoms with Crippen molar-refractivity contribution in [2.75, 3.05) is 24.3 Å². The number of nitro groups is 1. The first-order valence-electron chi connectivity index (χ1n) is 7.61. The van der Waals surface area contributed by atoms with Crippen LogP contribution in [-0.4, -0.2) is 35.1 Å². The molecule has 2 aromatic carbocycles. The second-order valence-electron chi connectivity index (χ2n) is 5.61. The maximum atomic E-state index is 12.2. The Kier molecular flexibility index (Phi) is 4.61. The van der Waals surface area contributed by atoms with Gasteiger partial charge in [0.2, 0.25) is 5.89 Å². The summed E-state index contributed by atoms with van der Waals surface area (Å²) in [5, 5.41) is 20.8. The van der Waals surface area contributed by atoms with Crippen molar-refractivity contribution in [3.8, 4) is 11.5 Å². The van der Waals surface area contributed by atoms with Crippen molar-refractivity contribution >= 4 is 23.3 Å². The number of aromatic nitrogens is 2. The summed E-state index contributed by atoms with van der Waals surface area (Å²) < 4.78 is 5.39. The molecule has 0 saturated carbocycles. The van der Waals surface area contributed by atoms with Crippen LogP contribution in [0.5, 0.6) is 0 Å². The Hall–Kier alpha value is -3.75. The normalized spacial score (nSPS) is 10.4. The lowest BCUT2D eigenvalue weighted by Gasteiger charge is -2.12. The van der Waals surface area contributed by atoms with E-state index in [0.29, 0.717) is 11.1 Å². The molecule has 1 N–H and O–H groups in total. The molecule has 1 heterocycles. The first-order valence-corrected chi connectivity index (χ1v) is 7.61. The smallest absolute Gasteiger partial charge is 0.322 e. The van der Waals surface area contributed by atoms with E-state index in [1.54, 1.807) is 12.1 Å².